The SMILES string of the molecule is Cc1cc(Br)ccc1C(O)c1ccc2c(c1)NC(=O)CO2. The van der Waals surface area contributed by atoms with Crippen LogP contribution in [0.3, 0.4) is 0 Å². The molecule has 0 spiro atoms. The fourth-order valence-corrected chi connectivity index (χ4v) is 2.87. The average Bonchev–Trinajstić information content (AvgIpc) is 2.46. The van der Waals surface area contributed by atoms with E-state index < -0.39 is 6.10 Å². The fourth-order valence-electron chi connectivity index (χ4n) is 2.40. The summed E-state index contributed by atoms with van der Waals surface area (Å²) in [5, 5.41) is 13.3. The molecule has 0 aromatic heterocycles. The Balaban J connectivity index is 1.96. The molecule has 1 amide bonds. The van der Waals surface area contributed by atoms with Gasteiger partial charge in [-0.05, 0) is 47.9 Å². The van der Waals surface area contributed by atoms with Gasteiger partial charge in [0.1, 0.15) is 11.9 Å². The number of halogens is 1. The summed E-state index contributed by atoms with van der Waals surface area (Å²) in [6, 6.07) is 11.1. The number of fused-ring (bicyclic) bond motifs is 1. The van der Waals surface area contributed by atoms with Gasteiger partial charge in [0.2, 0.25) is 0 Å². The van der Waals surface area contributed by atoms with Crippen molar-refractivity contribution in [1.29, 1.82) is 0 Å². The molecule has 4 nitrogen and oxygen atoms in total. The molecule has 0 bridgehead atoms. The highest BCUT2D eigenvalue weighted by Crippen LogP contribution is 2.33. The van der Waals surface area contributed by atoms with Crippen molar-refractivity contribution in [2.75, 3.05) is 11.9 Å². The summed E-state index contributed by atoms with van der Waals surface area (Å²) < 4.78 is 6.29. The van der Waals surface area contributed by atoms with Gasteiger partial charge in [0.05, 0.1) is 5.69 Å². The van der Waals surface area contributed by atoms with E-state index in [1.54, 1.807) is 12.1 Å². The molecule has 2 aromatic carbocycles. The van der Waals surface area contributed by atoms with Crippen molar-refractivity contribution in [1.82, 2.24) is 0 Å². The molecule has 0 aliphatic carbocycles. The van der Waals surface area contributed by atoms with Crippen LogP contribution in [-0.4, -0.2) is 17.6 Å². The monoisotopic (exact) mass is 347 g/mol. The van der Waals surface area contributed by atoms with E-state index in [-0.39, 0.29) is 12.5 Å². The third-order valence-electron chi connectivity index (χ3n) is 3.48. The minimum Gasteiger partial charge on any atom is -0.482 e. The highest BCUT2D eigenvalue weighted by molar-refractivity contribution is 9.10. The van der Waals surface area contributed by atoms with Crippen molar-refractivity contribution in [2.45, 2.75) is 13.0 Å². The van der Waals surface area contributed by atoms with Gasteiger partial charge in [0.15, 0.2) is 6.61 Å². The lowest BCUT2D eigenvalue weighted by atomic mass is 9.97. The summed E-state index contributed by atoms with van der Waals surface area (Å²) in [7, 11) is 0. The zero-order chi connectivity index (χ0) is 15.0. The van der Waals surface area contributed by atoms with E-state index in [1.807, 2.05) is 31.2 Å². The van der Waals surface area contributed by atoms with Crippen LogP contribution in [0.25, 0.3) is 0 Å². The van der Waals surface area contributed by atoms with E-state index in [4.69, 9.17) is 4.74 Å². The molecule has 108 valence electrons. The number of carbonyl (C=O) groups excluding carboxylic acids is 1. The van der Waals surface area contributed by atoms with Gasteiger partial charge >= 0.3 is 0 Å². The van der Waals surface area contributed by atoms with Crippen molar-refractivity contribution < 1.29 is 14.6 Å². The average molecular weight is 348 g/mol. The summed E-state index contributed by atoms with van der Waals surface area (Å²) in [6.45, 7) is 1.98. The van der Waals surface area contributed by atoms with Gasteiger partial charge in [-0.3, -0.25) is 4.79 Å². The predicted molar refractivity (Wildman–Crippen MR) is 83.5 cm³/mol. The molecule has 0 fully saturated rings. The summed E-state index contributed by atoms with van der Waals surface area (Å²) >= 11 is 3.41. The Morgan fingerprint density at radius 3 is 2.86 bits per heavy atom. The van der Waals surface area contributed by atoms with Crippen molar-refractivity contribution in [3.63, 3.8) is 0 Å². The first-order valence-electron chi connectivity index (χ1n) is 6.55. The van der Waals surface area contributed by atoms with E-state index in [2.05, 4.69) is 21.2 Å². The first-order valence-corrected chi connectivity index (χ1v) is 7.34. The molecule has 0 radical (unpaired) electrons. The predicted octanol–water partition coefficient (Wildman–Crippen LogP) is 3.17. The van der Waals surface area contributed by atoms with E-state index in [9.17, 15) is 9.90 Å². The number of carbonyl (C=O) groups is 1. The number of nitrogens with one attached hydrogen (secondary N) is 1. The Kier molecular flexibility index (Phi) is 3.69. The number of aliphatic hydroxyl groups excluding tert-OH is 1. The lowest BCUT2D eigenvalue weighted by molar-refractivity contribution is -0.118. The number of amides is 1. The highest BCUT2D eigenvalue weighted by Gasteiger charge is 2.19. The summed E-state index contributed by atoms with van der Waals surface area (Å²) in [6.07, 6.45) is -0.748. The van der Waals surface area contributed by atoms with Gasteiger partial charge in [0, 0.05) is 4.47 Å². The van der Waals surface area contributed by atoms with Crippen LogP contribution in [-0.2, 0) is 4.79 Å². The zero-order valence-electron chi connectivity index (χ0n) is 11.4. The first-order chi connectivity index (χ1) is 10.0. The maximum absolute atomic E-state index is 11.4. The molecule has 3 rings (SSSR count). The smallest absolute Gasteiger partial charge is 0.262 e. The number of hydrogen-bond acceptors (Lipinski definition) is 3. The first kappa shape index (κ1) is 14.1. The van der Waals surface area contributed by atoms with E-state index >= 15 is 0 Å². The van der Waals surface area contributed by atoms with Gasteiger partial charge in [-0.1, -0.05) is 28.1 Å². The van der Waals surface area contributed by atoms with E-state index in [0.29, 0.717) is 17.0 Å². The summed E-state index contributed by atoms with van der Waals surface area (Å²) in [4.78, 5) is 11.4. The maximum Gasteiger partial charge on any atom is 0.262 e. The fraction of sp³-hybridized carbons (Fsp3) is 0.188. The third kappa shape index (κ3) is 2.80. The number of aliphatic hydroxyl groups is 1. The van der Waals surface area contributed by atoms with Gasteiger partial charge in [-0.25, -0.2) is 0 Å². The number of aryl methyl sites for hydroxylation is 1. The van der Waals surface area contributed by atoms with Crippen molar-refractivity contribution >= 4 is 27.5 Å². The molecular weight excluding hydrogens is 334 g/mol. The second kappa shape index (κ2) is 5.50. The molecule has 21 heavy (non-hydrogen) atoms. The quantitative estimate of drug-likeness (QED) is 0.877. The molecule has 0 saturated heterocycles. The normalized spacial score (nSPS) is 14.9. The van der Waals surface area contributed by atoms with Crippen LogP contribution in [0.1, 0.15) is 22.8 Å². The number of ether oxygens (including phenoxy) is 1. The van der Waals surface area contributed by atoms with Crippen molar-refractivity contribution in [3.05, 3.63) is 57.6 Å². The minimum atomic E-state index is -0.748. The molecule has 1 unspecified atom stereocenters. The molecule has 1 aliphatic heterocycles. The number of rotatable bonds is 2. The molecule has 0 saturated carbocycles. The summed E-state index contributed by atoms with van der Waals surface area (Å²) in [5.74, 6) is 0.437. The lowest BCUT2D eigenvalue weighted by Crippen LogP contribution is -2.25. The Hall–Kier alpha value is -1.85. The van der Waals surface area contributed by atoms with Crippen molar-refractivity contribution in [2.24, 2.45) is 0 Å². The number of hydrogen-bond donors (Lipinski definition) is 2. The maximum atomic E-state index is 11.4. The Bertz CT molecular complexity index is 715. The van der Waals surface area contributed by atoms with Crippen LogP contribution < -0.4 is 10.1 Å². The second-order valence-electron chi connectivity index (χ2n) is 5.00. The van der Waals surface area contributed by atoms with Crippen LogP contribution in [0.4, 0.5) is 5.69 Å². The zero-order valence-corrected chi connectivity index (χ0v) is 13.0. The molecule has 1 atom stereocenters. The van der Waals surface area contributed by atoms with Crippen LogP contribution in [0.2, 0.25) is 0 Å². The second-order valence-corrected chi connectivity index (χ2v) is 5.91. The van der Waals surface area contributed by atoms with Crippen LogP contribution in [0.5, 0.6) is 5.75 Å². The van der Waals surface area contributed by atoms with Crippen molar-refractivity contribution in [3.8, 4) is 5.75 Å². The largest absolute Gasteiger partial charge is 0.482 e. The number of benzene rings is 2. The van der Waals surface area contributed by atoms with Gasteiger partial charge in [0.25, 0.3) is 5.91 Å². The molecular formula is C16H14BrNO3. The van der Waals surface area contributed by atoms with Gasteiger partial charge in [-0.15, -0.1) is 0 Å². The summed E-state index contributed by atoms with van der Waals surface area (Å²) in [5.41, 5.74) is 3.14. The lowest BCUT2D eigenvalue weighted by Gasteiger charge is -2.20. The van der Waals surface area contributed by atoms with E-state index in [0.717, 1.165) is 15.6 Å². The molecule has 2 aromatic rings. The Labute approximate surface area is 130 Å². The van der Waals surface area contributed by atoms with Gasteiger partial charge in [-0.2, -0.15) is 0 Å². The van der Waals surface area contributed by atoms with Crippen LogP contribution in [0, 0.1) is 6.92 Å². The highest BCUT2D eigenvalue weighted by atomic mass is 79.9. The topological polar surface area (TPSA) is 58.6 Å². The van der Waals surface area contributed by atoms with Gasteiger partial charge < -0.3 is 15.2 Å². The number of anilines is 1. The Morgan fingerprint density at radius 2 is 2.10 bits per heavy atom. The van der Waals surface area contributed by atoms with Crippen LogP contribution in [0.15, 0.2) is 40.9 Å². The minimum absolute atomic E-state index is 0.0285. The standard InChI is InChI=1S/C16H14BrNO3/c1-9-6-11(17)3-4-12(9)16(20)10-2-5-14-13(7-10)18-15(19)8-21-14/h2-7,16,20H,8H2,1H3,(H,18,19). The van der Waals surface area contributed by atoms with Crippen LogP contribution >= 0.6 is 15.9 Å². The molecule has 5 heteroatoms. The molecule has 1 aliphatic rings. The van der Waals surface area contributed by atoms with E-state index in [1.165, 1.54) is 0 Å². The molecule has 1 heterocycles. The third-order valence-corrected chi connectivity index (χ3v) is 3.97. The Morgan fingerprint density at radius 1 is 1.29 bits per heavy atom. The molecule has 2 N–H and O–H groups in total.